The zero-order chi connectivity index (χ0) is 16.5. The summed E-state index contributed by atoms with van der Waals surface area (Å²) in [5, 5.41) is 9.05. The van der Waals surface area contributed by atoms with E-state index >= 15 is 0 Å². The maximum absolute atomic E-state index is 12.4. The van der Waals surface area contributed by atoms with Gasteiger partial charge in [-0.15, -0.1) is 0 Å². The van der Waals surface area contributed by atoms with E-state index < -0.39 is 28.0 Å². The van der Waals surface area contributed by atoms with Crippen molar-refractivity contribution in [3.05, 3.63) is 17.2 Å². The average Bonchev–Trinajstić information content (AvgIpc) is 2.43. The molecule has 1 aromatic carbocycles. The molecule has 0 saturated heterocycles. The molecule has 22 heavy (non-hydrogen) atoms. The third kappa shape index (κ3) is 3.45. The summed E-state index contributed by atoms with van der Waals surface area (Å²) in [4.78, 5) is 10.9. The molecular formula is C13H16ClNO6S. The fraction of sp³-hybridized carbons (Fsp3) is 0.462. The van der Waals surface area contributed by atoms with Crippen molar-refractivity contribution in [3.8, 4) is 11.5 Å². The minimum atomic E-state index is -4.11. The minimum Gasteiger partial charge on any atom is -0.486 e. The average molecular weight is 350 g/mol. The molecule has 0 fully saturated rings. The monoisotopic (exact) mass is 349 g/mol. The molecule has 7 nitrogen and oxygen atoms in total. The predicted molar refractivity (Wildman–Crippen MR) is 79.0 cm³/mol. The summed E-state index contributed by atoms with van der Waals surface area (Å²) in [6, 6.07) is 1.32. The fourth-order valence-corrected chi connectivity index (χ4v) is 3.82. The van der Waals surface area contributed by atoms with Gasteiger partial charge in [0.15, 0.2) is 11.5 Å². The maximum Gasteiger partial charge on any atom is 0.322 e. The summed E-state index contributed by atoms with van der Waals surface area (Å²) in [6.07, 6.45) is 0. The van der Waals surface area contributed by atoms with Crippen molar-refractivity contribution in [1.82, 2.24) is 4.72 Å². The van der Waals surface area contributed by atoms with Gasteiger partial charge in [0.05, 0.1) is 5.02 Å². The van der Waals surface area contributed by atoms with Crippen LogP contribution in [-0.2, 0) is 14.8 Å². The lowest BCUT2D eigenvalue weighted by molar-refractivity contribution is -0.140. The number of hydrogen-bond donors (Lipinski definition) is 2. The van der Waals surface area contributed by atoms with E-state index in [1.165, 1.54) is 12.1 Å². The Kier molecular flexibility index (Phi) is 4.84. The Morgan fingerprint density at radius 2 is 1.82 bits per heavy atom. The van der Waals surface area contributed by atoms with Crippen LogP contribution in [0, 0.1) is 5.92 Å². The highest BCUT2D eigenvalue weighted by atomic mass is 35.5. The van der Waals surface area contributed by atoms with Crippen LogP contribution in [0.3, 0.4) is 0 Å². The van der Waals surface area contributed by atoms with Crippen molar-refractivity contribution in [3.63, 3.8) is 0 Å². The molecule has 0 radical (unpaired) electrons. The molecule has 1 aromatic rings. The molecule has 1 heterocycles. The van der Waals surface area contributed by atoms with Gasteiger partial charge in [-0.3, -0.25) is 4.79 Å². The third-order valence-electron chi connectivity index (χ3n) is 3.10. The number of rotatable bonds is 5. The van der Waals surface area contributed by atoms with Crippen LogP contribution < -0.4 is 14.2 Å². The van der Waals surface area contributed by atoms with E-state index in [2.05, 4.69) is 4.72 Å². The lowest BCUT2D eigenvalue weighted by atomic mass is 10.1. The number of benzene rings is 1. The Balaban J connectivity index is 2.39. The van der Waals surface area contributed by atoms with Crippen molar-refractivity contribution in [1.29, 1.82) is 0 Å². The first-order chi connectivity index (χ1) is 10.2. The van der Waals surface area contributed by atoms with Crippen LogP contribution in [0.2, 0.25) is 5.02 Å². The number of halogens is 1. The van der Waals surface area contributed by atoms with E-state index in [0.717, 1.165) is 0 Å². The highest BCUT2D eigenvalue weighted by Crippen LogP contribution is 2.37. The Bertz CT molecular complexity index is 688. The zero-order valence-electron chi connectivity index (χ0n) is 12.0. The molecule has 0 bridgehead atoms. The van der Waals surface area contributed by atoms with Crippen molar-refractivity contribution in [2.24, 2.45) is 5.92 Å². The van der Waals surface area contributed by atoms with E-state index in [0.29, 0.717) is 19.0 Å². The van der Waals surface area contributed by atoms with E-state index in [1.807, 2.05) is 0 Å². The van der Waals surface area contributed by atoms with Gasteiger partial charge in [0, 0.05) is 12.1 Å². The van der Waals surface area contributed by atoms with Gasteiger partial charge in [-0.2, -0.15) is 4.72 Å². The Labute approximate surface area is 133 Å². The summed E-state index contributed by atoms with van der Waals surface area (Å²) < 4.78 is 37.6. The van der Waals surface area contributed by atoms with Gasteiger partial charge in [-0.25, -0.2) is 8.42 Å². The smallest absolute Gasteiger partial charge is 0.322 e. The molecule has 0 aliphatic carbocycles. The topological polar surface area (TPSA) is 102 Å². The SMILES string of the molecule is CC(C)C(NS(=O)(=O)c1cc2c(cc1Cl)OCCO2)C(=O)O. The van der Waals surface area contributed by atoms with Crippen LogP contribution in [0.25, 0.3) is 0 Å². The number of aliphatic carboxylic acids is 1. The number of nitrogens with one attached hydrogen (secondary N) is 1. The zero-order valence-corrected chi connectivity index (χ0v) is 13.6. The van der Waals surface area contributed by atoms with Gasteiger partial charge in [0.1, 0.15) is 24.2 Å². The summed E-state index contributed by atoms with van der Waals surface area (Å²) in [5.74, 6) is -1.07. The van der Waals surface area contributed by atoms with E-state index in [-0.39, 0.29) is 15.7 Å². The van der Waals surface area contributed by atoms with Gasteiger partial charge in [-0.1, -0.05) is 25.4 Å². The van der Waals surface area contributed by atoms with Crippen molar-refractivity contribution < 1.29 is 27.8 Å². The number of fused-ring (bicyclic) bond motifs is 1. The molecule has 1 aliphatic rings. The lowest BCUT2D eigenvalue weighted by Gasteiger charge is -2.21. The molecule has 2 N–H and O–H groups in total. The van der Waals surface area contributed by atoms with Crippen LogP contribution in [0.5, 0.6) is 11.5 Å². The second-order valence-electron chi connectivity index (χ2n) is 5.11. The number of carboxylic acids is 1. The van der Waals surface area contributed by atoms with E-state index in [4.69, 9.17) is 26.2 Å². The van der Waals surface area contributed by atoms with Gasteiger partial charge in [0.25, 0.3) is 0 Å². The Morgan fingerprint density at radius 1 is 1.27 bits per heavy atom. The number of sulfonamides is 1. The maximum atomic E-state index is 12.4. The van der Waals surface area contributed by atoms with E-state index in [9.17, 15) is 13.2 Å². The highest BCUT2D eigenvalue weighted by molar-refractivity contribution is 7.89. The molecular weight excluding hydrogens is 334 g/mol. The van der Waals surface area contributed by atoms with Gasteiger partial charge in [-0.05, 0) is 5.92 Å². The molecule has 0 aromatic heterocycles. The summed E-state index contributed by atoms with van der Waals surface area (Å²) >= 11 is 5.99. The first kappa shape index (κ1) is 16.9. The van der Waals surface area contributed by atoms with Crippen molar-refractivity contribution >= 4 is 27.6 Å². The fourth-order valence-electron chi connectivity index (χ4n) is 1.95. The number of ether oxygens (including phenoxy) is 2. The molecule has 2 rings (SSSR count). The second kappa shape index (κ2) is 6.31. The summed E-state index contributed by atoms with van der Waals surface area (Å²) in [5.41, 5.74) is 0. The number of hydrogen-bond acceptors (Lipinski definition) is 5. The first-order valence-electron chi connectivity index (χ1n) is 6.56. The Morgan fingerprint density at radius 3 is 2.32 bits per heavy atom. The van der Waals surface area contributed by atoms with Gasteiger partial charge >= 0.3 is 5.97 Å². The molecule has 0 saturated carbocycles. The Hall–Kier alpha value is -1.51. The lowest BCUT2D eigenvalue weighted by Crippen LogP contribution is -2.44. The van der Waals surface area contributed by atoms with Gasteiger partial charge < -0.3 is 14.6 Å². The van der Waals surface area contributed by atoms with Gasteiger partial charge in [0.2, 0.25) is 10.0 Å². The summed E-state index contributed by atoms with van der Waals surface area (Å²) in [7, 11) is -4.11. The number of carbonyl (C=O) groups is 1. The normalized spacial score (nSPS) is 15.6. The largest absolute Gasteiger partial charge is 0.486 e. The molecule has 9 heteroatoms. The van der Waals surface area contributed by atoms with E-state index in [1.54, 1.807) is 13.8 Å². The highest BCUT2D eigenvalue weighted by Gasteiger charge is 2.30. The van der Waals surface area contributed by atoms with Crippen LogP contribution in [-0.4, -0.2) is 38.7 Å². The van der Waals surface area contributed by atoms with Crippen LogP contribution >= 0.6 is 11.6 Å². The van der Waals surface area contributed by atoms with Crippen molar-refractivity contribution in [2.45, 2.75) is 24.8 Å². The third-order valence-corrected chi connectivity index (χ3v) is 5.01. The number of carboxylic acid groups (broad SMARTS) is 1. The molecule has 122 valence electrons. The minimum absolute atomic E-state index is 0.0651. The van der Waals surface area contributed by atoms with Crippen LogP contribution in [0.15, 0.2) is 17.0 Å². The second-order valence-corrected chi connectivity index (χ2v) is 7.20. The molecule has 1 atom stereocenters. The molecule has 1 unspecified atom stereocenters. The molecule has 0 amide bonds. The standard InChI is InChI=1S/C13H16ClNO6S/c1-7(2)12(13(16)17)15-22(18,19)11-6-10-9(5-8(11)14)20-3-4-21-10/h5-7,12,15H,3-4H2,1-2H3,(H,16,17). The predicted octanol–water partition coefficient (Wildman–Crippen LogP) is 1.50. The molecule has 0 spiro atoms. The quantitative estimate of drug-likeness (QED) is 0.835. The summed E-state index contributed by atoms with van der Waals surface area (Å²) in [6.45, 7) is 3.85. The van der Waals surface area contributed by atoms with Crippen LogP contribution in [0.4, 0.5) is 0 Å². The first-order valence-corrected chi connectivity index (χ1v) is 8.43. The van der Waals surface area contributed by atoms with Crippen LogP contribution in [0.1, 0.15) is 13.8 Å². The molecule has 1 aliphatic heterocycles. The van der Waals surface area contributed by atoms with Crippen molar-refractivity contribution in [2.75, 3.05) is 13.2 Å².